The quantitative estimate of drug-likeness (QED) is 0.599. The lowest BCUT2D eigenvalue weighted by molar-refractivity contribution is -0.546. The van der Waals surface area contributed by atoms with E-state index in [-0.39, 0.29) is 11.2 Å². The summed E-state index contributed by atoms with van der Waals surface area (Å²) in [6, 6.07) is 10.1. The average Bonchev–Trinajstić information content (AvgIpc) is 2.19. The lowest BCUT2D eigenvalue weighted by Gasteiger charge is -2.52. The Morgan fingerprint density at radius 1 is 1.14 bits per heavy atom. The minimum atomic E-state index is -0.353. The molecule has 0 bridgehead atoms. The Hall–Kier alpha value is -0.380. The van der Waals surface area contributed by atoms with Crippen molar-refractivity contribution in [1.82, 2.24) is 0 Å². The molecule has 1 heterocycles. The monoisotopic (exact) mass is 256 g/mol. The van der Waals surface area contributed by atoms with E-state index in [2.05, 4.69) is 28.1 Å². The predicted molar refractivity (Wildman–Crippen MR) is 58.2 cm³/mol. The Morgan fingerprint density at radius 3 is 2.14 bits per heavy atom. The summed E-state index contributed by atoms with van der Waals surface area (Å²) in [6.07, 6.45) is 0. The van der Waals surface area contributed by atoms with Crippen molar-refractivity contribution in [3.8, 4) is 0 Å². The van der Waals surface area contributed by atoms with Crippen LogP contribution in [0.15, 0.2) is 30.3 Å². The van der Waals surface area contributed by atoms with E-state index >= 15 is 0 Å². The molecule has 1 atom stereocenters. The smallest absolute Gasteiger partial charge is 0.169 e. The molecule has 1 aliphatic heterocycles. The molecule has 0 aromatic heterocycles. The second kappa shape index (κ2) is 3.33. The number of hydrogen-bond acceptors (Lipinski definition) is 2. The van der Waals surface area contributed by atoms with Crippen LogP contribution in [0.5, 0.6) is 0 Å². The van der Waals surface area contributed by atoms with Gasteiger partial charge in [0.05, 0.1) is 0 Å². The molecule has 1 aliphatic rings. The summed E-state index contributed by atoms with van der Waals surface area (Å²) in [5, 5.41) is 0.733. The van der Waals surface area contributed by atoms with Crippen molar-refractivity contribution >= 4 is 15.9 Å². The fourth-order valence-electron chi connectivity index (χ4n) is 1.67. The number of alkyl halides is 1. The van der Waals surface area contributed by atoms with Gasteiger partial charge in [0.2, 0.25) is 0 Å². The first-order valence-electron chi connectivity index (χ1n) is 4.61. The molecule has 3 heteroatoms. The third-order valence-electron chi connectivity index (χ3n) is 2.79. The third-order valence-corrected chi connectivity index (χ3v) is 3.58. The highest BCUT2D eigenvalue weighted by Crippen LogP contribution is 2.49. The summed E-state index contributed by atoms with van der Waals surface area (Å²) in [6.45, 7) is 4.07. The van der Waals surface area contributed by atoms with E-state index < -0.39 is 0 Å². The van der Waals surface area contributed by atoms with Crippen molar-refractivity contribution < 1.29 is 9.78 Å². The fraction of sp³-hybridized carbons (Fsp3) is 0.455. The van der Waals surface area contributed by atoms with Gasteiger partial charge in [-0.15, -0.1) is 0 Å². The van der Waals surface area contributed by atoms with E-state index in [4.69, 9.17) is 9.78 Å². The van der Waals surface area contributed by atoms with Crippen LogP contribution < -0.4 is 0 Å². The normalized spacial score (nSPS) is 29.6. The van der Waals surface area contributed by atoms with Gasteiger partial charge >= 0.3 is 0 Å². The largest absolute Gasteiger partial charge is 0.226 e. The Kier molecular flexibility index (Phi) is 2.41. The zero-order chi connectivity index (χ0) is 10.2. The van der Waals surface area contributed by atoms with Crippen LogP contribution in [0.2, 0.25) is 0 Å². The maximum atomic E-state index is 5.32. The van der Waals surface area contributed by atoms with Crippen molar-refractivity contribution in [1.29, 1.82) is 0 Å². The highest BCUT2D eigenvalue weighted by atomic mass is 79.9. The molecule has 0 spiro atoms. The Labute approximate surface area is 92.3 Å². The topological polar surface area (TPSA) is 18.5 Å². The molecule has 1 aromatic rings. The van der Waals surface area contributed by atoms with E-state index in [1.54, 1.807) is 0 Å². The van der Waals surface area contributed by atoms with Crippen molar-refractivity contribution in [2.75, 3.05) is 5.33 Å². The van der Waals surface area contributed by atoms with Gasteiger partial charge in [-0.05, 0) is 19.4 Å². The van der Waals surface area contributed by atoms with Crippen LogP contribution in [-0.4, -0.2) is 10.9 Å². The minimum absolute atomic E-state index is 0.280. The molecular formula is C11H13BrO2. The Bertz CT molecular complexity index is 319. The molecule has 1 saturated heterocycles. The van der Waals surface area contributed by atoms with Gasteiger partial charge < -0.3 is 0 Å². The van der Waals surface area contributed by atoms with Crippen molar-refractivity contribution in [3.05, 3.63) is 35.9 Å². The summed E-state index contributed by atoms with van der Waals surface area (Å²) in [5.41, 5.74) is 0.514. The SMILES string of the molecule is CC1(C)OOC1(CBr)c1ccccc1. The second-order valence-corrected chi connectivity index (χ2v) is 4.56. The maximum Gasteiger partial charge on any atom is 0.169 e. The molecule has 1 unspecified atom stereocenters. The van der Waals surface area contributed by atoms with Crippen molar-refractivity contribution in [2.24, 2.45) is 0 Å². The first-order chi connectivity index (χ1) is 6.62. The van der Waals surface area contributed by atoms with Gasteiger partial charge in [0.1, 0.15) is 5.60 Å². The van der Waals surface area contributed by atoms with Gasteiger partial charge in [-0.25, -0.2) is 9.78 Å². The van der Waals surface area contributed by atoms with Crippen LogP contribution in [0.3, 0.4) is 0 Å². The predicted octanol–water partition coefficient (Wildman–Crippen LogP) is 3.02. The number of rotatable bonds is 2. The molecular weight excluding hydrogens is 244 g/mol. The number of hydrogen-bond donors (Lipinski definition) is 0. The third kappa shape index (κ3) is 1.23. The number of halogens is 1. The van der Waals surface area contributed by atoms with Gasteiger partial charge in [-0.2, -0.15) is 0 Å². The molecule has 0 N–H and O–H groups in total. The zero-order valence-electron chi connectivity index (χ0n) is 8.29. The molecule has 0 aliphatic carbocycles. The molecule has 1 aromatic carbocycles. The summed E-state index contributed by atoms with van der Waals surface area (Å²) in [4.78, 5) is 10.5. The molecule has 14 heavy (non-hydrogen) atoms. The maximum absolute atomic E-state index is 5.32. The number of benzene rings is 1. The summed E-state index contributed by atoms with van der Waals surface area (Å²) in [7, 11) is 0. The fourth-order valence-corrected chi connectivity index (χ4v) is 2.76. The van der Waals surface area contributed by atoms with Crippen LogP contribution in [0, 0.1) is 0 Å². The molecule has 2 rings (SSSR count). The summed E-state index contributed by atoms with van der Waals surface area (Å²) in [5.74, 6) is 0. The lowest BCUT2D eigenvalue weighted by atomic mass is 9.80. The van der Waals surface area contributed by atoms with Crippen LogP contribution >= 0.6 is 15.9 Å². The lowest BCUT2D eigenvalue weighted by Crippen LogP contribution is -2.62. The van der Waals surface area contributed by atoms with Gasteiger partial charge in [0.25, 0.3) is 0 Å². The molecule has 2 nitrogen and oxygen atoms in total. The van der Waals surface area contributed by atoms with Crippen LogP contribution in [-0.2, 0) is 15.4 Å². The Balaban J connectivity index is 2.40. The van der Waals surface area contributed by atoms with Gasteiger partial charge in [0.15, 0.2) is 5.60 Å². The molecule has 0 saturated carbocycles. The van der Waals surface area contributed by atoms with Gasteiger partial charge in [0, 0.05) is 5.33 Å². The minimum Gasteiger partial charge on any atom is -0.226 e. The first kappa shape index (κ1) is 10.1. The Morgan fingerprint density at radius 2 is 1.79 bits per heavy atom. The van der Waals surface area contributed by atoms with Crippen LogP contribution in [0.1, 0.15) is 19.4 Å². The zero-order valence-corrected chi connectivity index (χ0v) is 9.87. The van der Waals surface area contributed by atoms with Gasteiger partial charge in [-0.3, -0.25) is 0 Å². The first-order valence-corrected chi connectivity index (χ1v) is 5.73. The van der Waals surface area contributed by atoms with E-state index in [1.807, 2.05) is 32.0 Å². The second-order valence-electron chi connectivity index (χ2n) is 4.00. The van der Waals surface area contributed by atoms with E-state index in [0.717, 1.165) is 10.9 Å². The molecule has 0 amide bonds. The van der Waals surface area contributed by atoms with Crippen LogP contribution in [0.25, 0.3) is 0 Å². The van der Waals surface area contributed by atoms with E-state index in [9.17, 15) is 0 Å². The van der Waals surface area contributed by atoms with E-state index in [1.165, 1.54) is 0 Å². The van der Waals surface area contributed by atoms with Crippen molar-refractivity contribution in [3.63, 3.8) is 0 Å². The standard InChI is InChI=1S/C11H13BrO2/c1-10(2)11(8-12,14-13-10)9-6-4-3-5-7-9/h3-7H,8H2,1-2H3. The van der Waals surface area contributed by atoms with Gasteiger partial charge in [-0.1, -0.05) is 46.3 Å². The van der Waals surface area contributed by atoms with Crippen LogP contribution in [0.4, 0.5) is 0 Å². The molecule has 1 fully saturated rings. The highest BCUT2D eigenvalue weighted by Gasteiger charge is 2.58. The molecule has 0 radical (unpaired) electrons. The average molecular weight is 257 g/mol. The highest BCUT2D eigenvalue weighted by molar-refractivity contribution is 9.09. The van der Waals surface area contributed by atoms with Crippen molar-refractivity contribution in [2.45, 2.75) is 25.0 Å². The van der Waals surface area contributed by atoms with E-state index in [0.29, 0.717) is 0 Å². The molecule has 76 valence electrons. The summed E-state index contributed by atoms with van der Waals surface area (Å²) < 4.78 is 0. The summed E-state index contributed by atoms with van der Waals surface area (Å²) >= 11 is 3.49.